The van der Waals surface area contributed by atoms with Crippen molar-refractivity contribution in [3.8, 4) is 0 Å². The lowest BCUT2D eigenvalue weighted by Gasteiger charge is -2.35. The molecule has 1 heterocycles. The van der Waals surface area contributed by atoms with Gasteiger partial charge in [-0.15, -0.1) is 0 Å². The van der Waals surface area contributed by atoms with Crippen LogP contribution in [0.2, 0.25) is 0 Å². The van der Waals surface area contributed by atoms with Crippen LogP contribution >= 0.6 is 0 Å². The second-order valence-corrected chi connectivity index (χ2v) is 7.10. The molecule has 8 heteroatoms. The van der Waals surface area contributed by atoms with Crippen LogP contribution in [0.3, 0.4) is 0 Å². The fourth-order valence-corrected chi connectivity index (χ4v) is 2.82. The minimum atomic E-state index is -1.29. The van der Waals surface area contributed by atoms with Crippen LogP contribution in [-0.2, 0) is 9.53 Å². The van der Waals surface area contributed by atoms with Gasteiger partial charge in [0.15, 0.2) is 11.6 Å². The third-order valence-corrected chi connectivity index (χ3v) is 3.92. The lowest BCUT2D eigenvalue weighted by Crippen LogP contribution is -2.56. The lowest BCUT2D eigenvalue weighted by molar-refractivity contribution is -0.126. The molecule has 1 unspecified atom stereocenters. The van der Waals surface area contributed by atoms with Gasteiger partial charge in [-0.25, -0.2) is 18.0 Å². The molecule has 0 radical (unpaired) electrons. The number of benzene rings is 1. The van der Waals surface area contributed by atoms with Gasteiger partial charge < -0.3 is 15.4 Å². The van der Waals surface area contributed by atoms with Crippen molar-refractivity contribution >= 4 is 12.0 Å². The number of hydrogen-bond acceptors (Lipinski definition) is 3. The first-order valence-corrected chi connectivity index (χ1v) is 7.93. The van der Waals surface area contributed by atoms with Crippen molar-refractivity contribution in [2.45, 2.75) is 57.7 Å². The summed E-state index contributed by atoms with van der Waals surface area (Å²) in [6.07, 6.45) is -0.898. The summed E-state index contributed by atoms with van der Waals surface area (Å²) in [5, 5.41) is 4.94. The van der Waals surface area contributed by atoms with Gasteiger partial charge in [0.2, 0.25) is 5.91 Å². The molecule has 2 N–H and O–H groups in total. The van der Waals surface area contributed by atoms with Crippen LogP contribution in [0.15, 0.2) is 12.1 Å². The van der Waals surface area contributed by atoms with Crippen LogP contribution in [0.1, 0.15) is 45.6 Å². The Morgan fingerprint density at radius 3 is 2.44 bits per heavy atom. The zero-order chi connectivity index (χ0) is 18.9. The van der Waals surface area contributed by atoms with Crippen molar-refractivity contribution in [2.75, 3.05) is 0 Å². The normalized spacial score (nSPS) is 23.8. The van der Waals surface area contributed by atoms with Crippen LogP contribution in [-0.4, -0.2) is 29.7 Å². The van der Waals surface area contributed by atoms with Crippen molar-refractivity contribution in [1.29, 1.82) is 0 Å². The van der Waals surface area contributed by atoms with E-state index in [1.54, 1.807) is 27.7 Å². The quantitative estimate of drug-likeness (QED) is 0.799. The molecule has 3 atom stereocenters. The smallest absolute Gasteiger partial charge is 0.408 e. The predicted octanol–water partition coefficient (Wildman–Crippen LogP) is 2.99. The summed E-state index contributed by atoms with van der Waals surface area (Å²) in [6.45, 7) is 6.55. The second kappa shape index (κ2) is 6.93. The minimum Gasteiger partial charge on any atom is -0.444 e. The topological polar surface area (TPSA) is 67.4 Å². The first-order valence-electron chi connectivity index (χ1n) is 7.93. The number of carbonyl (C=O) groups excluding carboxylic acids is 2. The second-order valence-electron chi connectivity index (χ2n) is 7.10. The van der Waals surface area contributed by atoms with Crippen LogP contribution < -0.4 is 10.6 Å². The summed E-state index contributed by atoms with van der Waals surface area (Å²) in [7, 11) is 0. The van der Waals surface area contributed by atoms with Crippen LogP contribution in [0.5, 0.6) is 0 Å². The largest absolute Gasteiger partial charge is 0.444 e. The predicted molar refractivity (Wildman–Crippen MR) is 84.4 cm³/mol. The van der Waals surface area contributed by atoms with Gasteiger partial charge in [0.1, 0.15) is 17.5 Å². The van der Waals surface area contributed by atoms with Gasteiger partial charge in [-0.05, 0) is 46.2 Å². The monoisotopic (exact) mass is 358 g/mol. The maximum atomic E-state index is 14.1. The van der Waals surface area contributed by atoms with Crippen LogP contribution in [0, 0.1) is 17.5 Å². The number of amides is 2. The maximum Gasteiger partial charge on any atom is 0.408 e. The Morgan fingerprint density at radius 2 is 1.84 bits per heavy atom. The molecule has 1 aromatic rings. The first kappa shape index (κ1) is 19.1. The Kier molecular flexibility index (Phi) is 5.29. The van der Waals surface area contributed by atoms with Gasteiger partial charge in [-0.1, -0.05) is 0 Å². The Morgan fingerprint density at radius 1 is 1.24 bits per heavy atom. The molecule has 2 amide bonds. The van der Waals surface area contributed by atoms with E-state index in [-0.39, 0.29) is 6.42 Å². The Labute approximate surface area is 143 Å². The van der Waals surface area contributed by atoms with E-state index in [9.17, 15) is 22.8 Å². The van der Waals surface area contributed by atoms with Gasteiger partial charge in [-0.3, -0.25) is 4.79 Å². The molecule has 0 bridgehead atoms. The molecule has 5 nitrogen and oxygen atoms in total. The molecular formula is C17H21F3N2O3. The summed E-state index contributed by atoms with van der Waals surface area (Å²) < 4.78 is 46.7. The minimum absolute atomic E-state index is 0.0798. The molecule has 0 saturated carbocycles. The van der Waals surface area contributed by atoms with Crippen LogP contribution in [0.25, 0.3) is 0 Å². The number of halogens is 3. The van der Waals surface area contributed by atoms with Crippen molar-refractivity contribution < 1.29 is 27.5 Å². The first-order chi connectivity index (χ1) is 11.5. The average Bonchev–Trinajstić information content (AvgIpc) is 2.46. The number of rotatable bonds is 2. The molecule has 0 spiro atoms. The Hall–Kier alpha value is -2.25. The van der Waals surface area contributed by atoms with Gasteiger partial charge in [0.25, 0.3) is 0 Å². The molecule has 0 aromatic heterocycles. The molecule has 0 aliphatic carbocycles. The van der Waals surface area contributed by atoms with E-state index in [4.69, 9.17) is 4.74 Å². The Balaban J connectivity index is 2.23. The van der Waals surface area contributed by atoms with Crippen molar-refractivity contribution in [1.82, 2.24) is 10.6 Å². The molecule has 2 rings (SSSR count). The third kappa shape index (κ3) is 4.43. The van der Waals surface area contributed by atoms with Gasteiger partial charge in [-0.2, -0.15) is 0 Å². The molecule has 1 aliphatic rings. The number of piperidine rings is 1. The van der Waals surface area contributed by atoms with E-state index < -0.39 is 58.6 Å². The van der Waals surface area contributed by atoms with E-state index in [1.807, 2.05) is 0 Å². The van der Waals surface area contributed by atoms with Crippen molar-refractivity contribution in [2.24, 2.45) is 0 Å². The molecular weight excluding hydrogens is 337 g/mol. The zero-order valence-corrected chi connectivity index (χ0v) is 14.5. The summed E-state index contributed by atoms with van der Waals surface area (Å²) in [5.41, 5.74) is -1.20. The zero-order valence-electron chi connectivity index (χ0n) is 14.5. The fourth-order valence-electron chi connectivity index (χ4n) is 2.82. The molecule has 1 aliphatic heterocycles. The highest BCUT2D eigenvalue weighted by Gasteiger charge is 2.38. The summed E-state index contributed by atoms with van der Waals surface area (Å²) in [4.78, 5) is 23.9. The number of alkyl carbamates (subject to hydrolysis) is 1. The molecule has 138 valence electrons. The standard InChI is InChI=1S/C17H21F3N2O3/c1-8-9(13-10(18)5-6-11(19)14(13)20)7-12(15(23)21-8)22-16(24)25-17(2,3)4/h5-6,8-9,12H,7H2,1-4H3,(H,21,23)(H,22,24)/t8-,9-,12?/m1/s1. The van der Waals surface area contributed by atoms with Gasteiger partial charge in [0, 0.05) is 17.5 Å². The van der Waals surface area contributed by atoms with E-state index in [2.05, 4.69) is 10.6 Å². The number of carbonyl (C=O) groups is 2. The highest BCUT2D eigenvalue weighted by Crippen LogP contribution is 2.33. The Bertz CT molecular complexity index is 688. The van der Waals surface area contributed by atoms with Crippen LogP contribution in [0.4, 0.5) is 18.0 Å². The van der Waals surface area contributed by atoms with Crippen molar-refractivity contribution in [3.05, 3.63) is 35.1 Å². The van der Waals surface area contributed by atoms with Gasteiger partial charge >= 0.3 is 6.09 Å². The summed E-state index contributed by atoms with van der Waals surface area (Å²) >= 11 is 0. The third-order valence-electron chi connectivity index (χ3n) is 3.92. The fraction of sp³-hybridized carbons (Fsp3) is 0.529. The number of nitrogens with one attached hydrogen (secondary N) is 2. The average molecular weight is 358 g/mol. The maximum absolute atomic E-state index is 14.1. The molecule has 25 heavy (non-hydrogen) atoms. The molecule has 1 saturated heterocycles. The summed E-state index contributed by atoms with van der Waals surface area (Å²) in [5.74, 6) is -4.69. The summed E-state index contributed by atoms with van der Waals surface area (Å²) in [6, 6.07) is -0.128. The van der Waals surface area contributed by atoms with Gasteiger partial charge in [0.05, 0.1) is 0 Å². The van der Waals surface area contributed by atoms with E-state index >= 15 is 0 Å². The van der Waals surface area contributed by atoms with E-state index in [0.29, 0.717) is 6.07 Å². The molecule has 1 fully saturated rings. The highest BCUT2D eigenvalue weighted by molar-refractivity contribution is 5.86. The number of ether oxygens (including phenoxy) is 1. The molecule has 1 aromatic carbocycles. The van der Waals surface area contributed by atoms with E-state index in [0.717, 1.165) is 6.07 Å². The SMILES string of the molecule is C[C@H]1NC(=O)C(NC(=O)OC(C)(C)C)C[C@H]1c1c(F)ccc(F)c1F. The lowest BCUT2D eigenvalue weighted by atomic mass is 9.82. The van der Waals surface area contributed by atoms with Crippen molar-refractivity contribution in [3.63, 3.8) is 0 Å². The van der Waals surface area contributed by atoms with E-state index in [1.165, 1.54) is 0 Å². The highest BCUT2D eigenvalue weighted by atomic mass is 19.2. The number of hydrogen-bond donors (Lipinski definition) is 2.